The number of nitrogens with two attached hydrogens (primary N) is 1. The van der Waals surface area contributed by atoms with Crippen LogP contribution in [0.1, 0.15) is 24.0 Å². The van der Waals surface area contributed by atoms with Crippen LogP contribution in [0.3, 0.4) is 0 Å². The van der Waals surface area contributed by atoms with Crippen LogP contribution < -0.4 is 5.73 Å². The number of aliphatic hydroxyl groups is 1. The van der Waals surface area contributed by atoms with Gasteiger partial charge in [0.15, 0.2) is 0 Å². The molecule has 1 aliphatic rings. The number of benzene rings is 1. The van der Waals surface area contributed by atoms with E-state index in [1.165, 1.54) is 0 Å². The third kappa shape index (κ3) is 1.64. The van der Waals surface area contributed by atoms with Crippen LogP contribution >= 0.6 is 0 Å². The minimum absolute atomic E-state index is 0.207. The molecule has 0 radical (unpaired) electrons. The lowest BCUT2D eigenvalue weighted by Gasteiger charge is -2.31. The van der Waals surface area contributed by atoms with E-state index in [4.69, 9.17) is 5.73 Å². The van der Waals surface area contributed by atoms with Crippen LogP contribution in [-0.4, -0.2) is 16.8 Å². The van der Waals surface area contributed by atoms with Crippen molar-refractivity contribution < 1.29 is 10.2 Å². The molecule has 0 saturated carbocycles. The van der Waals surface area contributed by atoms with Gasteiger partial charge in [-0.05, 0) is 31.0 Å². The van der Waals surface area contributed by atoms with Crippen LogP contribution in [0.15, 0.2) is 24.3 Å². The van der Waals surface area contributed by atoms with Crippen molar-refractivity contribution in [2.24, 2.45) is 5.73 Å². The molecule has 80 valence electrons. The van der Waals surface area contributed by atoms with Crippen molar-refractivity contribution >= 4 is 6.08 Å². The predicted molar refractivity (Wildman–Crippen MR) is 59.3 cm³/mol. The first kappa shape index (κ1) is 10.2. The van der Waals surface area contributed by atoms with Gasteiger partial charge in [0.05, 0.1) is 5.60 Å². The maximum absolute atomic E-state index is 10.4. The van der Waals surface area contributed by atoms with Crippen molar-refractivity contribution in [2.75, 3.05) is 6.54 Å². The van der Waals surface area contributed by atoms with Crippen molar-refractivity contribution in [3.8, 4) is 5.75 Å². The van der Waals surface area contributed by atoms with E-state index in [1.54, 1.807) is 12.1 Å². The Hall–Kier alpha value is -1.32. The summed E-state index contributed by atoms with van der Waals surface area (Å²) in [7, 11) is 0. The van der Waals surface area contributed by atoms with Crippen LogP contribution in [-0.2, 0) is 5.60 Å². The molecule has 0 bridgehead atoms. The second-order valence-electron chi connectivity index (χ2n) is 3.92. The predicted octanol–water partition coefficient (Wildman–Crippen LogP) is 1.35. The SMILES string of the molecule is NCCC1(O)CC=Cc2c(O)cccc21. The first-order valence-corrected chi connectivity index (χ1v) is 5.09. The third-order valence-corrected chi connectivity index (χ3v) is 2.88. The fourth-order valence-corrected chi connectivity index (χ4v) is 2.09. The Morgan fingerprint density at radius 3 is 2.93 bits per heavy atom. The first-order valence-electron chi connectivity index (χ1n) is 5.09. The molecular formula is C12H15NO2. The van der Waals surface area contributed by atoms with E-state index in [0.717, 1.165) is 5.56 Å². The second kappa shape index (κ2) is 3.68. The largest absolute Gasteiger partial charge is 0.507 e. The van der Waals surface area contributed by atoms with Gasteiger partial charge < -0.3 is 15.9 Å². The van der Waals surface area contributed by atoms with Crippen molar-refractivity contribution in [1.29, 1.82) is 0 Å². The van der Waals surface area contributed by atoms with Crippen molar-refractivity contribution in [3.05, 3.63) is 35.4 Å². The summed E-state index contributed by atoms with van der Waals surface area (Å²) in [6.07, 6.45) is 4.78. The molecule has 1 aromatic carbocycles. The van der Waals surface area contributed by atoms with E-state index < -0.39 is 5.60 Å². The van der Waals surface area contributed by atoms with Gasteiger partial charge in [-0.15, -0.1) is 0 Å². The molecule has 0 aromatic heterocycles. The number of phenolic OH excluding ortho intramolecular Hbond substituents is 1. The Kier molecular flexibility index (Phi) is 2.50. The van der Waals surface area contributed by atoms with Gasteiger partial charge in [-0.2, -0.15) is 0 Å². The van der Waals surface area contributed by atoms with E-state index in [0.29, 0.717) is 24.9 Å². The average molecular weight is 205 g/mol. The van der Waals surface area contributed by atoms with E-state index in [2.05, 4.69) is 0 Å². The normalized spacial score (nSPS) is 23.9. The van der Waals surface area contributed by atoms with Gasteiger partial charge in [0.2, 0.25) is 0 Å². The van der Waals surface area contributed by atoms with E-state index in [-0.39, 0.29) is 5.75 Å². The highest BCUT2D eigenvalue weighted by Crippen LogP contribution is 2.39. The lowest BCUT2D eigenvalue weighted by molar-refractivity contribution is 0.0315. The zero-order valence-electron chi connectivity index (χ0n) is 8.48. The van der Waals surface area contributed by atoms with Gasteiger partial charge in [-0.25, -0.2) is 0 Å². The number of aromatic hydroxyl groups is 1. The van der Waals surface area contributed by atoms with Gasteiger partial charge in [-0.1, -0.05) is 24.3 Å². The molecule has 1 unspecified atom stereocenters. The van der Waals surface area contributed by atoms with Crippen LogP contribution in [0.4, 0.5) is 0 Å². The van der Waals surface area contributed by atoms with Gasteiger partial charge in [0.25, 0.3) is 0 Å². The summed E-state index contributed by atoms with van der Waals surface area (Å²) >= 11 is 0. The molecule has 0 amide bonds. The molecule has 0 fully saturated rings. The first-order chi connectivity index (χ1) is 7.17. The van der Waals surface area contributed by atoms with Gasteiger partial charge in [0, 0.05) is 5.56 Å². The van der Waals surface area contributed by atoms with E-state index >= 15 is 0 Å². The highest BCUT2D eigenvalue weighted by Gasteiger charge is 2.32. The summed E-state index contributed by atoms with van der Waals surface area (Å²) in [4.78, 5) is 0. The summed E-state index contributed by atoms with van der Waals surface area (Å²) in [5.41, 5.74) is 6.06. The fourth-order valence-electron chi connectivity index (χ4n) is 2.09. The average Bonchev–Trinajstić information content (AvgIpc) is 2.20. The zero-order chi connectivity index (χ0) is 10.9. The number of rotatable bonds is 2. The maximum atomic E-state index is 10.4. The van der Waals surface area contributed by atoms with E-state index in [9.17, 15) is 10.2 Å². The van der Waals surface area contributed by atoms with Crippen molar-refractivity contribution in [3.63, 3.8) is 0 Å². The van der Waals surface area contributed by atoms with Gasteiger partial charge in [-0.3, -0.25) is 0 Å². The standard InChI is InChI=1S/C12H15NO2/c13-8-7-12(15)6-2-3-9-10(12)4-1-5-11(9)14/h1-5,14-15H,6-8,13H2. The summed E-state index contributed by atoms with van der Waals surface area (Å²) in [5, 5.41) is 20.1. The summed E-state index contributed by atoms with van der Waals surface area (Å²) < 4.78 is 0. The third-order valence-electron chi connectivity index (χ3n) is 2.88. The highest BCUT2D eigenvalue weighted by atomic mass is 16.3. The Bertz CT molecular complexity index is 401. The molecule has 1 aromatic rings. The number of fused-ring (bicyclic) bond motifs is 1. The van der Waals surface area contributed by atoms with Crippen molar-refractivity contribution in [1.82, 2.24) is 0 Å². The Morgan fingerprint density at radius 1 is 1.40 bits per heavy atom. The zero-order valence-corrected chi connectivity index (χ0v) is 8.48. The molecule has 3 heteroatoms. The summed E-state index contributed by atoms with van der Waals surface area (Å²) in [5.74, 6) is 0.207. The fraction of sp³-hybridized carbons (Fsp3) is 0.333. The molecule has 15 heavy (non-hydrogen) atoms. The van der Waals surface area contributed by atoms with E-state index in [1.807, 2.05) is 18.2 Å². The van der Waals surface area contributed by atoms with Crippen LogP contribution in [0, 0.1) is 0 Å². The monoisotopic (exact) mass is 205 g/mol. The molecule has 0 spiro atoms. The van der Waals surface area contributed by atoms with Crippen LogP contribution in [0.25, 0.3) is 6.08 Å². The number of phenols is 1. The molecule has 4 N–H and O–H groups in total. The summed E-state index contributed by atoms with van der Waals surface area (Å²) in [6.45, 7) is 0.430. The number of hydrogen-bond acceptors (Lipinski definition) is 3. The molecule has 3 nitrogen and oxygen atoms in total. The maximum Gasteiger partial charge on any atom is 0.123 e. The molecule has 0 heterocycles. The molecule has 1 atom stereocenters. The Labute approximate surface area is 88.9 Å². The number of hydrogen-bond donors (Lipinski definition) is 3. The molecular weight excluding hydrogens is 190 g/mol. The molecule has 2 rings (SSSR count). The molecule has 0 aliphatic heterocycles. The summed E-state index contributed by atoms with van der Waals surface area (Å²) in [6, 6.07) is 5.21. The quantitative estimate of drug-likeness (QED) is 0.682. The lowest BCUT2D eigenvalue weighted by Crippen LogP contribution is -2.30. The Morgan fingerprint density at radius 2 is 2.20 bits per heavy atom. The van der Waals surface area contributed by atoms with Crippen LogP contribution in [0.5, 0.6) is 5.75 Å². The second-order valence-corrected chi connectivity index (χ2v) is 3.92. The molecule has 0 saturated heterocycles. The minimum atomic E-state index is -0.919. The topological polar surface area (TPSA) is 66.5 Å². The lowest BCUT2D eigenvalue weighted by atomic mass is 9.80. The Balaban J connectivity index is 2.52. The van der Waals surface area contributed by atoms with Crippen molar-refractivity contribution in [2.45, 2.75) is 18.4 Å². The van der Waals surface area contributed by atoms with Gasteiger partial charge >= 0.3 is 0 Å². The van der Waals surface area contributed by atoms with Gasteiger partial charge in [0.1, 0.15) is 5.75 Å². The van der Waals surface area contributed by atoms with Crippen LogP contribution in [0.2, 0.25) is 0 Å². The highest BCUT2D eigenvalue weighted by molar-refractivity contribution is 5.64. The minimum Gasteiger partial charge on any atom is -0.507 e. The molecule has 1 aliphatic carbocycles. The smallest absolute Gasteiger partial charge is 0.123 e.